The quantitative estimate of drug-likeness (QED) is 0.823. The second-order valence-corrected chi connectivity index (χ2v) is 7.53. The smallest absolute Gasteiger partial charge is 0.242 e. The van der Waals surface area contributed by atoms with Crippen LogP contribution in [0.15, 0.2) is 17.2 Å². The molecule has 0 radical (unpaired) electrons. The van der Waals surface area contributed by atoms with Gasteiger partial charge in [-0.3, -0.25) is 0 Å². The lowest BCUT2D eigenvalue weighted by molar-refractivity contribution is 0.563. The van der Waals surface area contributed by atoms with E-state index in [9.17, 15) is 8.42 Å². The molecule has 0 aliphatic carbocycles. The molecule has 5 nitrogen and oxygen atoms in total. The minimum Gasteiger partial charge on any atom is -0.349 e. The van der Waals surface area contributed by atoms with Crippen LogP contribution >= 0.6 is 11.8 Å². The zero-order valence-electron chi connectivity index (χ0n) is 11.3. The summed E-state index contributed by atoms with van der Waals surface area (Å²) in [5.41, 5.74) is 0.992. The van der Waals surface area contributed by atoms with Crippen LogP contribution < -0.4 is 10.0 Å². The third-order valence-corrected chi connectivity index (χ3v) is 5.87. The zero-order chi connectivity index (χ0) is 13.9. The summed E-state index contributed by atoms with van der Waals surface area (Å²) in [5.74, 6) is 1.91. The molecule has 1 saturated heterocycles. The molecule has 1 aromatic rings. The van der Waals surface area contributed by atoms with Gasteiger partial charge in [0.25, 0.3) is 0 Å². The molecule has 19 heavy (non-hydrogen) atoms. The van der Waals surface area contributed by atoms with Crippen LogP contribution in [0.5, 0.6) is 0 Å². The van der Waals surface area contributed by atoms with Gasteiger partial charge in [-0.2, -0.15) is 11.8 Å². The topological polar surface area (TPSA) is 63.1 Å². The minimum atomic E-state index is -3.39. The highest BCUT2D eigenvalue weighted by atomic mass is 32.2. The van der Waals surface area contributed by atoms with E-state index >= 15 is 0 Å². The Morgan fingerprint density at radius 2 is 2.32 bits per heavy atom. The van der Waals surface area contributed by atoms with Crippen molar-refractivity contribution in [2.24, 2.45) is 0 Å². The van der Waals surface area contributed by atoms with Crippen LogP contribution in [-0.4, -0.2) is 37.6 Å². The van der Waals surface area contributed by atoms with Gasteiger partial charge < -0.3 is 9.88 Å². The fraction of sp³-hybridized carbons (Fsp3) is 0.667. The van der Waals surface area contributed by atoms with E-state index in [1.807, 2.05) is 18.5 Å². The van der Waals surface area contributed by atoms with Crippen molar-refractivity contribution in [3.8, 4) is 0 Å². The molecule has 1 aliphatic rings. The number of thioether (sulfide) groups is 1. The number of hydrogen-bond acceptors (Lipinski definition) is 4. The second kappa shape index (κ2) is 6.30. The summed E-state index contributed by atoms with van der Waals surface area (Å²) in [6.45, 7) is 3.45. The molecule has 1 unspecified atom stereocenters. The second-order valence-electron chi connectivity index (χ2n) is 4.67. The van der Waals surface area contributed by atoms with Gasteiger partial charge in [0.1, 0.15) is 0 Å². The van der Waals surface area contributed by atoms with Gasteiger partial charge in [-0.05, 0) is 32.2 Å². The van der Waals surface area contributed by atoms with Gasteiger partial charge in [-0.25, -0.2) is 13.1 Å². The highest BCUT2D eigenvalue weighted by Crippen LogP contribution is 2.20. The van der Waals surface area contributed by atoms with Gasteiger partial charge in [-0.15, -0.1) is 0 Å². The first-order chi connectivity index (χ1) is 9.06. The molecule has 1 fully saturated rings. The van der Waals surface area contributed by atoms with E-state index < -0.39 is 10.0 Å². The van der Waals surface area contributed by atoms with E-state index in [0.29, 0.717) is 11.4 Å². The number of hydrogen-bond donors (Lipinski definition) is 2. The van der Waals surface area contributed by atoms with E-state index in [2.05, 4.69) is 10.0 Å². The largest absolute Gasteiger partial charge is 0.349 e. The lowest BCUT2D eigenvalue weighted by Gasteiger charge is -2.10. The van der Waals surface area contributed by atoms with Crippen molar-refractivity contribution in [3.05, 3.63) is 18.0 Å². The highest BCUT2D eigenvalue weighted by Gasteiger charge is 2.24. The lowest BCUT2D eigenvalue weighted by Crippen LogP contribution is -2.34. The molecular formula is C12H21N3O2S2. The maximum Gasteiger partial charge on any atom is 0.242 e. The average molecular weight is 303 g/mol. The molecule has 0 bridgehead atoms. The van der Waals surface area contributed by atoms with Gasteiger partial charge in [0.2, 0.25) is 10.0 Å². The summed E-state index contributed by atoms with van der Waals surface area (Å²) < 4.78 is 29.4. The molecule has 0 amide bonds. The Morgan fingerprint density at radius 1 is 1.53 bits per heavy atom. The van der Waals surface area contributed by atoms with Crippen LogP contribution in [0.25, 0.3) is 0 Å². The fourth-order valence-corrected chi connectivity index (χ4v) is 4.80. The first-order valence-corrected chi connectivity index (χ1v) is 9.14. The molecule has 1 aromatic heterocycles. The van der Waals surface area contributed by atoms with Crippen molar-refractivity contribution in [2.75, 3.05) is 18.6 Å². The molecule has 1 aliphatic heterocycles. The maximum absolute atomic E-state index is 12.3. The summed E-state index contributed by atoms with van der Waals surface area (Å²) in [6, 6.07) is 1.83. The van der Waals surface area contributed by atoms with Crippen molar-refractivity contribution in [2.45, 2.75) is 37.4 Å². The van der Waals surface area contributed by atoms with E-state index in [1.165, 1.54) is 0 Å². The summed E-state index contributed by atoms with van der Waals surface area (Å²) in [7, 11) is -1.53. The van der Waals surface area contributed by atoms with Crippen LogP contribution in [0.4, 0.5) is 0 Å². The Labute approximate surface area is 119 Å². The molecule has 0 spiro atoms. The highest BCUT2D eigenvalue weighted by molar-refractivity contribution is 7.99. The molecule has 2 N–H and O–H groups in total. The monoisotopic (exact) mass is 303 g/mol. The Bertz CT molecular complexity index is 519. The van der Waals surface area contributed by atoms with Crippen LogP contribution in [-0.2, 0) is 23.1 Å². The number of aryl methyl sites for hydroxylation is 1. The average Bonchev–Trinajstić information content (AvgIpc) is 2.98. The van der Waals surface area contributed by atoms with E-state index in [-0.39, 0.29) is 6.04 Å². The molecule has 0 saturated carbocycles. The van der Waals surface area contributed by atoms with Gasteiger partial charge in [-0.1, -0.05) is 0 Å². The van der Waals surface area contributed by atoms with Gasteiger partial charge >= 0.3 is 0 Å². The lowest BCUT2D eigenvalue weighted by atomic mass is 10.3. The number of nitrogens with zero attached hydrogens (tertiary/aromatic N) is 1. The number of rotatable bonds is 6. The van der Waals surface area contributed by atoms with Crippen molar-refractivity contribution >= 4 is 21.8 Å². The maximum atomic E-state index is 12.3. The summed E-state index contributed by atoms with van der Waals surface area (Å²) in [5, 5.41) is 3.06. The molecule has 2 rings (SSSR count). The van der Waals surface area contributed by atoms with Gasteiger partial charge in [0.15, 0.2) is 0 Å². The van der Waals surface area contributed by atoms with Crippen LogP contribution in [0.2, 0.25) is 0 Å². The summed E-state index contributed by atoms with van der Waals surface area (Å²) in [4.78, 5) is 0.372. The molecule has 2 heterocycles. The van der Waals surface area contributed by atoms with Crippen molar-refractivity contribution in [3.63, 3.8) is 0 Å². The minimum absolute atomic E-state index is 0.0766. The molecule has 108 valence electrons. The third kappa shape index (κ3) is 3.53. The Hall–Kier alpha value is -0.500. The van der Waals surface area contributed by atoms with Crippen LogP contribution in [0.3, 0.4) is 0 Å². The van der Waals surface area contributed by atoms with Crippen LogP contribution in [0, 0.1) is 0 Å². The van der Waals surface area contributed by atoms with E-state index in [0.717, 1.165) is 30.2 Å². The predicted molar refractivity (Wildman–Crippen MR) is 78.9 cm³/mol. The summed E-state index contributed by atoms with van der Waals surface area (Å²) in [6.07, 6.45) is 2.64. The summed E-state index contributed by atoms with van der Waals surface area (Å²) >= 11 is 1.80. The Balaban J connectivity index is 2.19. The molecular weight excluding hydrogens is 282 g/mol. The molecule has 1 atom stereocenters. The SMILES string of the molecule is CCn1cc(S(=O)(=O)NC2CCSC2)cc1CNC. The fourth-order valence-electron chi connectivity index (χ4n) is 2.21. The molecule has 7 heteroatoms. The van der Waals surface area contributed by atoms with Gasteiger partial charge in [0.05, 0.1) is 4.90 Å². The van der Waals surface area contributed by atoms with Crippen molar-refractivity contribution in [1.29, 1.82) is 0 Å². The Morgan fingerprint density at radius 3 is 2.89 bits per heavy atom. The Kier molecular flexibility index (Phi) is 4.94. The molecule has 0 aromatic carbocycles. The van der Waals surface area contributed by atoms with Crippen molar-refractivity contribution < 1.29 is 8.42 Å². The standard InChI is InChI=1S/C12H21N3O2S2/c1-3-15-8-12(6-11(15)7-13-2)19(16,17)14-10-4-5-18-9-10/h6,8,10,13-14H,3-5,7,9H2,1-2H3. The first kappa shape index (κ1) is 14.9. The number of sulfonamides is 1. The first-order valence-electron chi connectivity index (χ1n) is 6.50. The van der Waals surface area contributed by atoms with Crippen LogP contribution in [0.1, 0.15) is 19.0 Å². The normalized spacial score (nSPS) is 20.0. The number of nitrogens with one attached hydrogen (secondary N) is 2. The van der Waals surface area contributed by atoms with E-state index in [1.54, 1.807) is 24.0 Å². The zero-order valence-corrected chi connectivity index (χ0v) is 13.0. The number of aromatic nitrogens is 1. The van der Waals surface area contributed by atoms with Crippen molar-refractivity contribution in [1.82, 2.24) is 14.6 Å². The van der Waals surface area contributed by atoms with E-state index in [4.69, 9.17) is 0 Å². The van der Waals surface area contributed by atoms with Gasteiger partial charge in [0, 0.05) is 36.8 Å². The predicted octanol–water partition coefficient (Wildman–Crippen LogP) is 1.01. The third-order valence-electron chi connectivity index (χ3n) is 3.22.